The summed E-state index contributed by atoms with van der Waals surface area (Å²) in [5.74, 6) is 2.11. The average Bonchev–Trinajstić information content (AvgIpc) is 3.05. The zero-order valence-corrected chi connectivity index (χ0v) is 17.4. The standard InChI is InChI=1S/C17H26N4OS.HI/c1-13(22)21-15-7-5-14(6-8-15)9-10-19-17(18-2)20-12-16-4-3-11-23-16;/h5-8,16H,3-4,9-12H2,1-2H3,(H,21,22)(H2,18,19,20);1H. The minimum absolute atomic E-state index is 0. The van der Waals surface area contributed by atoms with E-state index in [-0.39, 0.29) is 29.9 Å². The number of benzene rings is 1. The van der Waals surface area contributed by atoms with Gasteiger partial charge in [0.1, 0.15) is 0 Å². The van der Waals surface area contributed by atoms with E-state index in [9.17, 15) is 4.79 Å². The van der Waals surface area contributed by atoms with E-state index in [2.05, 4.69) is 20.9 Å². The molecule has 0 bridgehead atoms. The molecule has 0 radical (unpaired) electrons. The van der Waals surface area contributed by atoms with Crippen molar-refractivity contribution in [1.29, 1.82) is 0 Å². The van der Waals surface area contributed by atoms with Gasteiger partial charge < -0.3 is 16.0 Å². The maximum Gasteiger partial charge on any atom is 0.221 e. The maximum atomic E-state index is 11.0. The zero-order chi connectivity index (χ0) is 16.5. The second-order valence-electron chi connectivity index (χ2n) is 5.64. The van der Waals surface area contributed by atoms with Crippen molar-refractivity contribution < 1.29 is 4.79 Å². The molecule has 2 rings (SSSR count). The normalized spacial score (nSPS) is 17.1. The van der Waals surface area contributed by atoms with Gasteiger partial charge in [0.2, 0.25) is 5.91 Å². The van der Waals surface area contributed by atoms with Crippen LogP contribution in [-0.2, 0) is 11.2 Å². The van der Waals surface area contributed by atoms with Gasteiger partial charge in [-0.25, -0.2) is 0 Å². The van der Waals surface area contributed by atoms with Crippen LogP contribution >= 0.6 is 35.7 Å². The molecule has 1 saturated heterocycles. The summed E-state index contributed by atoms with van der Waals surface area (Å²) in [6, 6.07) is 7.94. The number of anilines is 1. The molecule has 1 aromatic rings. The smallest absolute Gasteiger partial charge is 0.221 e. The number of thioether (sulfide) groups is 1. The second kappa shape index (κ2) is 11.6. The highest BCUT2D eigenvalue weighted by Crippen LogP contribution is 2.25. The van der Waals surface area contributed by atoms with Crippen LogP contribution in [0.4, 0.5) is 5.69 Å². The van der Waals surface area contributed by atoms with Crippen molar-refractivity contribution in [2.45, 2.75) is 31.4 Å². The fourth-order valence-electron chi connectivity index (χ4n) is 2.52. The van der Waals surface area contributed by atoms with Crippen LogP contribution in [0.1, 0.15) is 25.3 Å². The summed E-state index contributed by atoms with van der Waals surface area (Å²) < 4.78 is 0. The number of guanidine groups is 1. The van der Waals surface area contributed by atoms with Crippen LogP contribution in [0.2, 0.25) is 0 Å². The molecule has 0 spiro atoms. The molecule has 1 atom stereocenters. The quantitative estimate of drug-likeness (QED) is 0.346. The first-order valence-corrected chi connectivity index (χ1v) is 9.15. The van der Waals surface area contributed by atoms with E-state index >= 15 is 0 Å². The monoisotopic (exact) mass is 462 g/mol. The Morgan fingerprint density at radius 2 is 2.04 bits per heavy atom. The third kappa shape index (κ3) is 7.74. The Morgan fingerprint density at radius 1 is 1.29 bits per heavy atom. The molecule has 24 heavy (non-hydrogen) atoms. The van der Waals surface area contributed by atoms with E-state index in [1.807, 2.05) is 36.0 Å². The molecule has 134 valence electrons. The summed E-state index contributed by atoms with van der Waals surface area (Å²) in [4.78, 5) is 15.3. The molecular weight excluding hydrogens is 435 g/mol. The number of halogens is 1. The first-order valence-electron chi connectivity index (χ1n) is 8.10. The van der Waals surface area contributed by atoms with Gasteiger partial charge in [-0.3, -0.25) is 9.79 Å². The first kappa shape index (κ1) is 21.1. The number of carbonyl (C=O) groups excluding carboxylic acids is 1. The Balaban J connectivity index is 0.00000288. The lowest BCUT2D eigenvalue weighted by Gasteiger charge is -2.14. The number of carbonyl (C=O) groups is 1. The molecule has 0 saturated carbocycles. The van der Waals surface area contributed by atoms with Gasteiger partial charge in [-0.1, -0.05) is 12.1 Å². The molecule has 1 aromatic carbocycles. The third-order valence-electron chi connectivity index (χ3n) is 3.73. The Morgan fingerprint density at radius 3 is 2.62 bits per heavy atom. The van der Waals surface area contributed by atoms with Crippen molar-refractivity contribution in [3.63, 3.8) is 0 Å². The van der Waals surface area contributed by atoms with Crippen molar-refractivity contribution in [2.24, 2.45) is 4.99 Å². The predicted octanol–water partition coefficient (Wildman–Crippen LogP) is 2.87. The number of nitrogens with zero attached hydrogens (tertiary/aromatic N) is 1. The van der Waals surface area contributed by atoms with E-state index in [0.717, 1.165) is 36.4 Å². The number of amides is 1. The molecule has 1 unspecified atom stereocenters. The van der Waals surface area contributed by atoms with Crippen molar-refractivity contribution in [1.82, 2.24) is 10.6 Å². The summed E-state index contributed by atoms with van der Waals surface area (Å²) in [6.07, 6.45) is 3.55. The van der Waals surface area contributed by atoms with E-state index in [0.29, 0.717) is 0 Å². The average molecular weight is 462 g/mol. The second-order valence-corrected chi connectivity index (χ2v) is 7.05. The van der Waals surface area contributed by atoms with Crippen LogP contribution in [0.3, 0.4) is 0 Å². The molecule has 5 nitrogen and oxygen atoms in total. The van der Waals surface area contributed by atoms with Crippen molar-refractivity contribution in [2.75, 3.05) is 31.2 Å². The molecule has 1 heterocycles. The molecule has 1 aliphatic heterocycles. The topological polar surface area (TPSA) is 65.5 Å². The number of rotatable bonds is 6. The Labute approximate surface area is 165 Å². The van der Waals surface area contributed by atoms with Gasteiger partial charge in [-0.05, 0) is 42.7 Å². The van der Waals surface area contributed by atoms with Crippen LogP contribution in [0.15, 0.2) is 29.3 Å². The Hall–Kier alpha value is -0.960. The largest absolute Gasteiger partial charge is 0.356 e. The lowest BCUT2D eigenvalue weighted by atomic mass is 10.1. The number of hydrogen-bond donors (Lipinski definition) is 3. The van der Waals surface area contributed by atoms with Gasteiger partial charge >= 0.3 is 0 Å². The van der Waals surface area contributed by atoms with Gasteiger partial charge in [0.25, 0.3) is 0 Å². The number of hydrogen-bond acceptors (Lipinski definition) is 3. The Kier molecular flexibility index (Phi) is 10.2. The highest BCUT2D eigenvalue weighted by atomic mass is 127. The van der Waals surface area contributed by atoms with Crippen LogP contribution in [-0.4, -0.2) is 43.0 Å². The molecular formula is C17H27IN4OS. The molecule has 7 heteroatoms. The van der Waals surface area contributed by atoms with Crippen molar-refractivity contribution in [3.05, 3.63) is 29.8 Å². The molecule has 3 N–H and O–H groups in total. The minimum atomic E-state index is -0.0466. The Bertz CT molecular complexity index is 530. The summed E-state index contributed by atoms with van der Waals surface area (Å²) in [5, 5.41) is 10.2. The lowest BCUT2D eigenvalue weighted by Crippen LogP contribution is -2.40. The van der Waals surface area contributed by atoms with E-state index in [1.165, 1.54) is 31.1 Å². The summed E-state index contributed by atoms with van der Waals surface area (Å²) >= 11 is 2.05. The minimum Gasteiger partial charge on any atom is -0.356 e. The molecule has 0 aliphatic carbocycles. The van der Waals surface area contributed by atoms with Gasteiger partial charge in [0.15, 0.2) is 5.96 Å². The van der Waals surface area contributed by atoms with E-state index < -0.39 is 0 Å². The van der Waals surface area contributed by atoms with Gasteiger partial charge in [0, 0.05) is 38.0 Å². The summed E-state index contributed by atoms with van der Waals surface area (Å²) in [6.45, 7) is 3.33. The van der Waals surface area contributed by atoms with Gasteiger partial charge in [-0.2, -0.15) is 11.8 Å². The van der Waals surface area contributed by atoms with Crippen LogP contribution < -0.4 is 16.0 Å². The number of nitrogens with one attached hydrogen (secondary N) is 3. The first-order chi connectivity index (χ1) is 11.2. The maximum absolute atomic E-state index is 11.0. The third-order valence-corrected chi connectivity index (χ3v) is 5.12. The fourth-order valence-corrected chi connectivity index (χ4v) is 3.72. The zero-order valence-electron chi connectivity index (χ0n) is 14.3. The van der Waals surface area contributed by atoms with Crippen LogP contribution in [0.25, 0.3) is 0 Å². The van der Waals surface area contributed by atoms with Crippen molar-refractivity contribution >= 4 is 53.3 Å². The predicted molar refractivity (Wildman–Crippen MR) is 115 cm³/mol. The van der Waals surface area contributed by atoms with Gasteiger partial charge in [-0.15, -0.1) is 24.0 Å². The molecule has 1 amide bonds. The lowest BCUT2D eigenvalue weighted by molar-refractivity contribution is -0.114. The fraction of sp³-hybridized carbons (Fsp3) is 0.529. The highest BCUT2D eigenvalue weighted by molar-refractivity contribution is 14.0. The van der Waals surface area contributed by atoms with Crippen LogP contribution in [0.5, 0.6) is 0 Å². The highest BCUT2D eigenvalue weighted by Gasteiger charge is 2.15. The van der Waals surface area contributed by atoms with Crippen LogP contribution in [0, 0.1) is 0 Å². The van der Waals surface area contributed by atoms with Gasteiger partial charge in [0.05, 0.1) is 0 Å². The van der Waals surface area contributed by atoms with E-state index in [4.69, 9.17) is 0 Å². The molecule has 0 aromatic heterocycles. The summed E-state index contributed by atoms with van der Waals surface area (Å²) in [7, 11) is 1.80. The SMILES string of the molecule is CN=C(NCCc1ccc(NC(C)=O)cc1)NCC1CCCS1.I. The van der Waals surface area contributed by atoms with Crippen molar-refractivity contribution in [3.8, 4) is 0 Å². The van der Waals surface area contributed by atoms with E-state index in [1.54, 1.807) is 7.05 Å². The molecule has 1 aliphatic rings. The number of aliphatic imine (C=N–C) groups is 1. The summed E-state index contributed by atoms with van der Waals surface area (Å²) in [5.41, 5.74) is 2.06. The molecule has 1 fully saturated rings.